The molecule has 3 rings (SSSR count). The maximum absolute atomic E-state index is 14.1. The summed E-state index contributed by atoms with van der Waals surface area (Å²) in [6, 6.07) is 17.1. The van der Waals surface area contributed by atoms with Gasteiger partial charge < -0.3 is 10.2 Å². The summed E-state index contributed by atoms with van der Waals surface area (Å²) in [5.41, 5.74) is -0.439. The van der Waals surface area contributed by atoms with Crippen molar-refractivity contribution in [2.45, 2.75) is 39.0 Å². The number of nitrogens with one attached hydrogen (secondary N) is 1. The van der Waals surface area contributed by atoms with Crippen LogP contribution in [-0.2, 0) is 38.8 Å². The number of rotatable bonds is 12. The Morgan fingerprint density at radius 2 is 1.56 bits per heavy atom. The summed E-state index contributed by atoms with van der Waals surface area (Å²) in [6.45, 7) is 3.08. The lowest BCUT2D eigenvalue weighted by Gasteiger charge is -2.34. The quantitative estimate of drug-likeness (QED) is 0.252. The average Bonchev–Trinajstić information content (AvgIpc) is 2.93. The summed E-state index contributed by atoms with van der Waals surface area (Å²) >= 11 is 12.2. The van der Waals surface area contributed by atoms with Crippen LogP contribution in [0.1, 0.15) is 30.5 Å². The average molecular weight is 659 g/mol. The second kappa shape index (κ2) is 14.5. The molecule has 43 heavy (non-hydrogen) atoms. The van der Waals surface area contributed by atoms with Crippen LogP contribution in [0.5, 0.6) is 0 Å². The third kappa shape index (κ3) is 9.61. The molecule has 3 aromatic rings. The third-order valence-electron chi connectivity index (χ3n) is 6.48. The number of alkyl halides is 3. The fourth-order valence-electron chi connectivity index (χ4n) is 4.29. The molecule has 0 aliphatic carbocycles. The Kier molecular flexibility index (Phi) is 11.5. The van der Waals surface area contributed by atoms with E-state index in [1.165, 1.54) is 4.90 Å². The molecule has 0 unspecified atom stereocenters. The lowest BCUT2D eigenvalue weighted by Crippen LogP contribution is -2.53. The Bertz CT molecular complexity index is 1540. The second-order valence-electron chi connectivity index (χ2n) is 10.4. The molecular formula is C30H32Cl2F3N3O4S. The Hall–Kier alpha value is -3.28. The summed E-state index contributed by atoms with van der Waals surface area (Å²) in [6.07, 6.45) is -4.01. The zero-order valence-corrected chi connectivity index (χ0v) is 26.1. The van der Waals surface area contributed by atoms with Crippen molar-refractivity contribution < 1.29 is 31.2 Å². The molecule has 2 amide bonds. The molecular weight excluding hydrogens is 626 g/mol. The Balaban J connectivity index is 2.10. The minimum Gasteiger partial charge on any atom is -0.354 e. The van der Waals surface area contributed by atoms with E-state index in [1.54, 1.807) is 54.6 Å². The Morgan fingerprint density at radius 1 is 0.930 bits per heavy atom. The van der Waals surface area contributed by atoms with Crippen molar-refractivity contribution in [1.29, 1.82) is 0 Å². The van der Waals surface area contributed by atoms with Crippen molar-refractivity contribution in [2.24, 2.45) is 5.92 Å². The van der Waals surface area contributed by atoms with Gasteiger partial charge in [0.25, 0.3) is 0 Å². The molecule has 0 saturated heterocycles. The second-order valence-corrected chi connectivity index (χ2v) is 13.1. The van der Waals surface area contributed by atoms with Gasteiger partial charge in [-0.05, 0) is 41.3 Å². The standard InChI is InChI=1S/C30H32Cl2F3N3O4S/c1-20(2)17-36-29(40)27(15-21-9-5-4-6-10-21)37(18-22-11-7-8-12-25(22)31)28(39)19-38(43(3,41)42)23-13-14-26(32)24(16-23)30(33,34)35/h4-14,16,20,27H,15,17-19H2,1-3H3,(H,36,40)/t27-/m0/s1. The van der Waals surface area contributed by atoms with Crippen molar-refractivity contribution in [3.05, 3.63) is 99.5 Å². The highest BCUT2D eigenvalue weighted by Crippen LogP contribution is 2.37. The Morgan fingerprint density at radius 3 is 2.14 bits per heavy atom. The SMILES string of the molecule is CC(C)CNC(=O)[C@H](Cc1ccccc1)N(Cc1ccccc1Cl)C(=O)CN(c1ccc(Cl)c(C(F)(F)F)c1)S(C)(=O)=O. The van der Waals surface area contributed by atoms with Gasteiger partial charge in [0.15, 0.2) is 0 Å². The van der Waals surface area contributed by atoms with Crippen LogP contribution < -0.4 is 9.62 Å². The summed E-state index contributed by atoms with van der Waals surface area (Å²) in [7, 11) is -4.28. The van der Waals surface area contributed by atoms with Crippen LogP contribution >= 0.6 is 23.2 Å². The van der Waals surface area contributed by atoms with Crippen LogP contribution in [0.3, 0.4) is 0 Å². The molecule has 0 spiro atoms. The van der Waals surface area contributed by atoms with E-state index in [-0.39, 0.29) is 18.9 Å². The van der Waals surface area contributed by atoms with Crippen molar-refractivity contribution in [1.82, 2.24) is 10.2 Å². The number of nitrogens with zero attached hydrogens (tertiary/aromatic N) is 2. The lowest BCUT2D eigenvalue weighted by molar-refractivity contribution is -0.140. The zero-order valence-electron chi connectivity index (χ0n) is 23.7. The van der Waals surface area contributed by atoms with Crippen LogP contribution in [0.25, 0.3) is 0 Å². The molecule has 3 aromatic carbocycles. The summed E-state index contributed by atoms with van der Waals surface area (Å²) in [5, 5.41) is 2.54. The number of anilines is 1. The number of amides is 2. The minimum absolute atomic E-state index is 0.0823. The van der Waals surface area contributed by atoms with Crippen molar-refractivity contribution in [3.63, 3.8) is 0 Å². The number of halogens is 5. The molecule has 0 aliphatic rings. The number of sulfonamides is 1. The maximum atomic E-state index is 14.1. The van der Waals surface area contributed by atoms with Crippen LogP contribution in [0.15, 0.2) is 72.8 Å². The highest BCUT2D eigenvalue weighted by molar-refractivity contribution is 7.92. The van der Waals surface area contributed by atoms with Crippen LogP contribution in [0, 0.1) is 5.92 Å². The highest BCUT2D eigenvalue weighted by atomic mass is 35.5. The fraction of sp³-hybridized carbons (Fsp3) is 0.333. The molecule has 232 valence electrons. The third-order valence-corrected chi connectivity index (χ3v) is 8.32. The van der Waals surface area contributed by atoms with E-state index >= 15 is 0 Å². The molecule has 0 radical (unpaired) electrons. The topological polar surface area (TPSA) is 86.8 Å². The van der Waals surface area contributed by atoms with Gasteiger partial charge in [0.05, 0.1) is 22.5 Å². The molecule has 0 saturated carbocycles. The molecule has 13 heteroatoms. The number of carbonyl (C=O) groups excluding carboxylic acids is 2. The predicted molar refractivity (Wildman–Crippen MR) is 162 cm³/mol. The molecule has 1 N–H and O–H groups in total. The van der Waals surface area contributed by atoms with Gasteiger partial charge in [-0.25, -0.2) is 8.42 Å². The molecule has 0 fully saturated rings. The highest BCUT2D eigenvalue weighted by Gasteiger charge is 2.36. The van der Waals surface area contributed by atoms with E-state index in [1.807, 2.05) is 13.8 Å². The molecule has 0 aliphatic heterocycles. The zero-order chi connectivity index (χ0) is 31.9. The molecule has 0 bridgehead atoms. The monoisotopic (exact) mass is 657 g/mol. The van der Waals surface area contributed by atoms with Crippen LogP contribution in [0.4, 0.5) is 18.9 Å². The Labute approximate surface area is 259 Å². The summed E-state index contributed by atoms with van der Waals surface area (Å²) in [4.78, 5) is 28.9. The molecule has 7 nitrogen and oxygen atoms in total. The van der Waals surface area contributed by atoms with Crippen LogP contribution in [-0.4, -0.2) is 50.5 Å². The van der Waals surface area contributed by atoms with Gasteiger partial charge in [-0.1, -0.05) is 85.6 Å². The molecule has 0 aromatic heterocycles. The van der Waals surface area contributed by atoms with Gasteiger partial charge in [0.2, 0.25) is 21.8 Å². The summed E-state index contributed by atoms with van der Waals surface area (Å²) < 4.78 is 67.1. The first-order chi connectivity index (χ1) is 20.1. The number of benzene rings is 3. The van der Waals surface area contributed by atoms with E-state index in [9.17, 15) is 31.2 Å². The van der Waals surface area contributed by atoms with Crippen molar-refractivity contribution >= 4 is 50.7 Å². The molecule has 0 heterocycles. The van der Waals surface area contributed by atoms with Gasteiger partial charge in [-0.2, -0.15) is 13.2 Å². The van der Waals surface area contributed by atoms with Gasteiger partial charge in [0.1, 0.15) is 12.6 Å². The van der Waals surface area contributed by atoms with E-state index in [2.05, 4.69) is 5.32 Å². The smallest absolute Gasteiger partial charge is 0.354 e. The maximum Gasteiger partial charge on any atom is 0.417 e. The van der Waals surface area contributed by atoms with Gasteiger partial charge >= 0.3 is 6.18 Å². The van der Waals surface area contributed by atoms with Crippen molar-refractivity contribution in [3.8, 4) is 0 Å². The lowest BCUT2D eigenvalue weighted by atomic mass is 10.0. The first-order valence-electron chi connectivity index (χ1n) is 13.3. The predicted octanol–water partition coefficient (Wildman–Crippen LogP) is 6.19. The number of carbonyl (C=O) groups is 2. The van der Waals surface area contributed by atoms with Gasteiger partial charge in [-0.3, -0.25) is 13.9 Å². The minimum atomic E-state index is -4.87. The molecule has 1 atom stereocenters. The van der Waals surface area contributed by atoms with Crippen molar-refractivity contribution in [2.75, 3.05) is 23.7 Å². The normalized spacial score (nSPS) is 12.6. The van der Waals surface area contributed by atoms with Gasteiger partial charge in [0, 0.05) is 24.5 Å². The number of hydrogen-bond acceptors (Lipinski definition) is 4. The van der Waals surface area contributed by atoms with E-state index in [0.717, 1.165) is 24.0 Å². The largest absolute Gasteiger partial charge is 0.417 e. The first-order valence-corrected chi connectivity index (χ1v) is 15.9. The number of hydrogen-bond donors (Lipinski definition) is 1. The van der Waals surface area contributed by atoms with Crippen LogP contribution in [0.2, 0.25) is 10.0 Å². The summed E-state index contributed by atoms with van der Waals surface area (Å²) in [5.74, 6) is -1.20. The first kappa shape index (κ1) is 34.2. The van der Waals surface area contributed by atoms with E-state index in [0.29, 0.717) is 27.5 Å². The van der Waals surface area contributed by atoms with Gasteiger partial charge in [-0.15, -0.1) is 0 Å². The fourth-order valence-corrected chi connectivity index (χ4v) is 5.55. The van der Waals surface area contributed by atoms with E-state index < -0.39 is 56.9 Å². The van der Waals surface area contributed by atoms with E-state index in [4.69, 9.17) is 23.2 Å².